The fraction of sp³-hybridized carbons (Fsp3) is 1.00. The predicted molar refractivity (Wildman–Crippen MR) is 71.5 cm³/mol. The van der Waals surface area contributed by atoms with Gasteiger partial charge in [0.25, 0.3) is 0 Å². The van der Waals surface area contributed by atoms with Crippen LogP contribution in [-0.4, -0.2) is 54.0 Å². The molecule has 0 N–H and O–H groups in total. The van der Waals surface area contributed by atoms with Gasteiger partial charge in [0.1, 0.15) is 36.6 Å². The van der Waals surface area contributed by atoms with Crippen molar-refractivity contribution in [2.45, 2.75) is 95.5 Å². The third-order valence-corrected chi connectivity index (χ3v) is 4.46. The zero-order valence-corrected chi connectivity index (χ0v) is 13.4. The molecule has 3 saturated heterocycles. The monoisotopic (exact) mass is 300 g/mol. The van der Waals surface area contributed by atoms with Gasteiger partial charge in [-0.3, -0.25) is 0 Å². The third-order valence-electron chi connectivity index (χ3n) is 4.46. The largest absolute Gasteiger partial charge is 0.342 e. The average molecular weight is 300 g/mol. The van der Waals surface area contributed by atoms with Gasteiger partial charge in [-0.05, 0) is 41.5 Å². The van der Waals surface area contributed by atoms with Crippen molar-refractivity contribution in [1.29, 1.82) is 0 Å². The lowest BCUT2D eigenvalue weighted by molar-refractivity contribution is -0.178. The van der Waals surface area contributed by atoms with Gasteiger partial charge in [0.05, 0.1) is 0 Å². The van der Waals surface area contributed by atoms with E-state index in [1.807, 2.05) is 41.5 Å². The normalized spacial score (nSPS) is 52.3. The summed E-state index contributed by atoms with van der Waals surface area (Å²) >= 11 is 0. The quantitative estimate of drug-likeness (QED) is 0.677. The van der Waals surface area contributed by atoms with Gasteiger partial charge in [-0.25, -0.2) is 0 Å². The first-order valence-corrected chi connectivity index (χ1v) is 7.64. The van der Waals surface area contributed by atoms with Crippen LogP contribution in [-0.2, 0) is 28.4 Å². The minimum atomic E-state index is -0.652. The maximum atomic E-state index is 6.07. The summed E-state index contributed by atoms with van der Waals surface area (Å²) in [5.41, 5.74) is 0. The topological polar surface area (TPSA) is 55.4 Å². The maximum absolute atomic E-state index is 6.07. The molecule has 4 aliphatic rings. The molecule has 0 aromatic carbocycles. The molecule has 4 fully saturated rings. The van der Waals surface area contributed by atoms with Gasteiger partial charge in [-0.2, -0.15) is 0 Å². The molecule has 0 spiro atoms. The second-order valence-electron chi connectivity index (χ2n) is 7.69. The Bertz CT molecular complexity index is 345. The Balaban J connectivity index is 1.71. The van der Waals surface area contributed by atoms with Crippen molar-refractivity contribution < 1.29 is 28.4 Å². The van der Waals surface area contributed by atoms with Crippen LogP contribution in [0, 0.1) is 0 Å². The lowest BCUT2D eigenvalue weighted by Gasteiger charge is -2.37. The van der Waals surface area contributed by atoms with E-state index in [0.29, 0.717) is 0 Å². The van der Waals surface area contributed by atoms with E-state index in [1.165, 1.54) is 0 Å². The number of fused-ring (bicyclic) bond motifs is 6. The number of rotatable bonds is 0. The van der Waals surface area contributed by atoms with E-state index in [9.17, 15) is 0 Å². The molecule has 0 unspecified atom stereocenters. The van der Waals surface area contributed by atoms with Crippen molar-refractivity contribution >= 4 is 0 Å². The molecule has 0 radical (unpaired) electrons. The molecule has 6 heteroatoms. The van der Waals surface area contributed by atoms with Crippen molar-refractivity contribution in [2.24, 2.45) is 0 Å². The van der Waals surface area contributed by atoms with E-state index in [0.717, 1.165) is 0 Å². The summed E-state index contributed by atoms with van der Waals surface area (Å²) in [4.78, 5) is 0. The maximum Gasteiger partial charge on any atom is 0.164 e. The Kier molecular flexibility index (Phi) is 2.73. The SMILES string of the molecule is CC1(C)O[C@H]2[C@@H]3OC(C)(C)O[C@@H]3[C@H]3OC(C)(C)O[C@H]3[C@H]2O1. The Morgan fingerprint density at radius 3 is 0.667 bits per heavy atom. The molecule has 0 bridgehead atoms. The van der Waals surface area contributed by atoms with E-state index in [-0.39, 0.29) is 36.6 Å². The highest BCUT2D eigenvalue weighted by atomic mass is 16.8. The molecular weight excluding hydrogens is 276 g/mol. The molecule has 1 aliphatic carbocycles. The van der Waals surface area contributed by atoms with Crippen LogP contribution in [0.3, 0.4) is 0 Å². The van der Waals surface area contributed by atoms with Crippen LogP contribution in [0.2, 0.25) is 0 Å². The fourth-order valence-corrected chi connectivity index (χ4v) is 3.98. The molecule has 21 heavy (non-hydrogen) atoms. The van der Waals surface area contributed by atoms with Crippen molar-refractivity contribution in [3.63, 3.8) is 0 Å². The fourth-order valence-electron chi connectivity index (χ4n) is 3.98. The van der Waals surface area contributed by atoms with Gasteiger partial charge in [0.15, 0.2) is 17.4 Å². The van der Waals surface area contributed by atoms with Crippen LogP contribution in [0.4, 0.5) is 0 Å². The van der Waals surface area contributed by atoms with Crippen LogP contribution < -0.4 is 0 Å². The van der Waals surface area contributed by atoms with E-state index in [1.54, 1.807) is 0 Å². The molecule has 120 valence electrons. The average Bonchev–Trinajstić information content (AvgIpc) is 2.88. The van der Waals surface area contributed by atoms with Crippen LogP contribution in [0.1, 0.15) is 41.5 Å². The number of hydrogen-bond acceptors (Lipinski definition) is 6. The van der Waals surface area contributed by atoms with Gasteiger partial charge in [0.2, 0.25) is 0 Å². The van der Waals surface area contributed by atoms with Gasteiger partial charge < -0.3 is 28.4 Å². The summed E-state index contributed by atoms with van der Waals surface area (Å²) in [5.74, 6) is -1.96. The zero-order chi connectivity index (χ0) is 15.2. The molecular formula is C15H24O6. The standard InChI is InChI=1S/C15H24O6/c1-13(2)16-7-8(17-13)10-12(21-15(5,6)19-10)11-9(7)18-14(3,4)20-11/h7-12H,1-6H3/t7-,8+,9-,10-,11-,12-. The van der Waals surface area contributed by atoms with Gasteiger partial charge in [-0.1, -0.05) is 0 Å². The first-order valence-electron chi connectivity index (χ1n) is 7.64. The Labute approximate surface area is 125 Å². The Hall–Kier alpha value is -0.240. The molecule has 6 nitrogen and oxygen atoms in total. The Morgan fingerprint density at radius 2 is 0.524 bits per heavy atom. The van der Waals surface area contributed by atoms with E-state index < -0.39 is 17.4 Å². The predicted octanol–water partition coefficient (Wildman–Crippen LogP) is 1.56. The summed E-state index contributed by atoms with van der Waals surface area (Å²) in [6.45, 7) is 11.5. The first-order chi connectivity index (χ1) is 9.57. The highest BCUT2D eigenvalue weighted by Gasteiger charge is 2.67. The van der Waals surface area contributed by atoms with Crippen molar-refractivity contribution in [2.75, 3.05) is 0 Å². The van der Waals surface area contributed by atoms with Crippen molar-refractivity contribution in [3.8, 4) is 0 Å². The lowest BCUT2D eigenvalue weighted by atomic mass is 9.85. The van der Waals surface area contributed by atoms with E-state index in [4.69, 9.17) is 28.4 Å². The van der Waals surface area contributed by atoms with Gasteiger partial charge in [-0.15, -0.1) is 0 Å². The summed E-state index contributed by atoms with van der Waals surface area (Å²) in [5, 5.41) is 0. The van der Waals surface area contributed by atoms with Crippen molar-refractivity contribution in [3.05, 3.63) is 0 Å². The smallest absolute Gasteiger partial charge is 0.164 e. The minimum Gasteiger partial charge on any atom is -0.342 e. The van der Waals surface area contributed by atoms with Crippen LogP contribution >= 0.6 is 0 Å². The number of hydrogen-bond donors (Lipinski definition) is 0. The Morgan fingerprint density at radius 1 is 0.381 bits per heavy atom. The molecule has 1 saturated carbocycles. The second kappa shape index (κ2) is 3.99. The van der Waals surface area contributed by atoms with E-state index >= 15 is 0 Å². The lowest BCUT2D eigenvalue weighted by Crippen LogP contribution is -2.60. The number of ether oxygens (including phenoxy) is 6. The first kappa shape index (κ1) is 14.4. The van der Waals surface area contributed by atoms with Crippen LogP contribution in [0.5, 0.6) is 0 Å². The van der Waals surface area contributed by atoms with Gasteiger partial charge >= 0.3 is 0 Å². The molecule has 4 rings (SSSR count). The highest BCUT2D eigenvalue weighted by molar-refractivity contribution is 5.11. The summed E-state index contributed by atoms with van der Waals surface area (Å²) in [6, 6.07) is 0. The molecule has 0 aromatic heterocycles. The molecule has 3 heterocycles. The van der Waals surface area contributed by atoms with Gasteiger partial charge in [0, 0.05) is 0 Å². The van der Waals surface area contributed by atoms with Crippen molar-refractivity contribution in [1.82, 2.24) is 0 Å². The summed E-state index contributed by atoms with van der Waals surface area (Å²) in [7, 11) is 0. The van der Waals surface area contributed by atoms with E-state index in [2.05, 4.69) is 0 Å². The molecule has 0 aromatic rings. The third kappa shape index (κ3) is 2.16. The summed E-state index contributed by atoms with van der Waals surface area (Å²) in [6.07, 6.45) is -1.22. The second-order valence-corrected chi connectivity index (χ2v) is 7.69. The highest BCUT2D eigenvalue weighted by Crippen LogP contribution is 2.50. The van der Waals surface area contributed by atoms with Crippen LogP contribution in [0.15, 0.2) is 0 Å². The summed E-state index contributed by atoms with van der Waals surface area (Å²) < 4.78 is 36.4. The van der Waals surface area contributed by atoms with Crippen LogP contribution in [0.25, 0.3) is 0 Å². The molecule has 3 aliphatic heterocycles. The molecule has 0 atom stereocenters. The minimum absolute atomic E-state index is 0.203. The zero-order valence-electron chi connectivity index (χ0n) is 13.4. The molecule has 0 amide bonds.